The molecule has 6 nitrogen and oxygen atoms in total. The Morgan fingerprint density at radius 2 is 1.90 bits per heavy atom. The molecule has 2 aliphatic heterocycles. The molecule has 0 bridgehead atoms. The summed E-state index contributed by atoms with van der Waals surface area (Å²) in [7, 11) is 0. The van der Waals surface area contributed by atoms with E-state index in [1.165, 1.54) is 11.1 Å². The standard InChI is InChI=1S/C22H25N3O3S/c1-15-2-4-16(5-3-15)13-29-14-20-21(26)24-19-12-17(6-7-18(19)23-20)22(27)25-8-10-28-11-9-25/h2-7,12,20,23H,8-11,13-14H2,1H3,(H,24,26). The van der Waals surface area contributed by atoms with Gasteiger partial charge in [-0.1, -0.05) is 29.8 Å². The number of carbonyl (C=O) groups is 2. The number of anilines is 2. The summed E-state index contributed by atoms with van der Waals surface area (Å²) in [6.07, 6.45) is 0. The van der Waals surface area contributed by atoms with Crippen LogP contribution in [0.2, 0.25) is 0 Å². The third-order valence-electron chi connectivity index (χ3n) is 5.14. The second-order valence-corrected chi connectivity index (χ2v) is 8.38. The Bertz CT molecular complexity index is 895. The lowest BCUT2D eigenvalue weighted by Gasteiger charge is -2.29. The molecule has 0 aliphatic carbocycles. The number of hydrogen-bond acceptors (Lipinski definition) is 5. The van der Waals surface area contributed by atoms with Crippen LogP contribution in [0.1, 0.15) is 21.5 Å². The largest absolute Gasteiger partial charge is 0.378 e. The number of nitrogens with zero attached hydrogens (tertiary/aromatic N) is 1. The summed E-state index contributed by atoms with van der Waals surface area (Å²) >= 11 is 1.73. The summed E-state index contributed by atoms with van der Waals surface area (Å²) in [4.78, 5) is 27.0. The van der Waals surface area contributed by atoms with Crippen molar-refractivity contribution >= 4 is 35.0 Å². The fourth-order valence-electron chi connectivity index (χ4n) is 3.42. The van der Waals surface area contributed by atoms with Crippen molar-refractivity contribution in [2.45, 2.75) is 18.7 Å². The second kappa shape index (κ2) is 8.88. The minimum Gasteiger partial charge on any atom is -0.378 e. The lowest BCUT2D eigenvalue weighted by atomic mass is 10.1. The maximum atomic E-state index is 12.7. The topological polar surface area (TPSA) is 70.7 Å². The Hall–Kier alpha value is -2.51. The van der Waals surface area contributed by atoms with E-state index in [2.05, 4.69) is 41.8 Å². The van der Waals surface area contributed by atoms with Crippen molar-refractivity contribution < 1.29 is 14.3 Å². The van der Waals surface area contributed by atoms with Gasteiger partial charge in [0.2, 0.25) is 5.91 Å². The van der Waals surface area contributed by atoms with Crippen LogP contribution in [0.3, 0.4) is 0 Å². The minimum atomic E-state index is -0.293. The Balaban J connectivity index is 1.36. The minimum absolute atomic E-state index is 0.0267. The van der Waals surface area contributed by atoms with Gasteiger partial charge in [0.05, 0.1) is 24.6 Å². The first-order chi connectivity index (χ1) is 14.1. The summed E-state index contributed by atoms with van der Waals surface area (Å²) < 4.78 is 5.30. The van der Waals surface area contributed by atoms with E-state index in [1.807, 2.05) is 12.1 Å². The third kappa shape index (κ3) is 4.74. The zero-order valence-electron chi connectivity index (χ0n) is 16.4. The number of ether oxygens (including phenoxy) is 1. The van der Waals surface area contributed by atoms with E-state index in [1.54, 1.807) is 22.7 Å². The number of fused-ring (bicyclic) bond motifs is 1. The van der Waals surface area contributed by atoms with Crippen molar-refractivity contribution in [3.63, 3.8) is 0 Å². The van der Waals surface area contributed by atoms with Crippen LogP contribution in [-0.4, -0.2) is 54.8 Å². The van der Waals surface area contributed by atoms with Gasteiger partial charge in [0.1, 0.15) is 6.04 Å². The summed E-state index contributed by atoms with van der Waals surface area (Å²) in [6, 6.07) is 13.6. The van der Waals surface area contributed by atoms with Gasteiger partial charge in [0.15, 0.2) is 0 Å². The molecule has 0 saturated carbocycles. The van der Waals surface area contributed by atoms with Crippen LogP contribution in [0, 0.1) is 6.92 Å². The van der Waals surface area contributed by atoms with Gasteiger partial charge in [0.25, 0.3) is 5.91 Å². The number of aryl methyl sites for hydroxylation is 1. The van der Waals surface area contributed by atoms with Gasteiger partial charge < -0.3 is 20.3 Å². The molecule has 0 spiro atoms. The van der Waals surface area contributed by atoms with Crippen LogP contribution in [-0.2, 0) is 15.3 Å². The Morgan fingerprint density at radius 1 is 1.14 bits per heavy atom. The molecule has 152 valence electrons. The third-order valence-corrected chi connectivity index (χ3v) is 6.25. The molecule has 2 aliphatic rings. The maximum Gasteiger partial charge on any atom is 0.254 e. The molecule has 1 saturated heterocycles. The molecule has 2 amide bonds. The Labute approximate surface area is 175 Å². The predicted octanol–water partition coefficient (Wildman–Crippen LogP) is 3.13. The van der Waals surface area contributed by atoms with Crippen molar-refractivity contribution in [2.75, 3.05) is 42.7 Å². The summed E-state index contributed by atoms with van der Waals surface area (Å²) in [5.41, 5.74) is 4.59. The second-order valence-electron chi connectivity index (χ2n) is 7.35. The number of amides is 2. The first kappa shape index (κ1) is 19.8. The monoisotopic (exact) mass is 411 g/mol. The van der Waals surface area contributed by atoms with Gasteiger partial charge in [-0.3, -0.25) is 9.59 Å². The van der Waals surface area contributed by atoms with E-state index in [4.69, 9.17) is 4.74 Å². The van der Waals surface area contributed by atoms with Crippen molar-refractivity contribution in [2.24, 2.45) is 0 Å². The van der Waals surface area contributed by atoms with Crippen LogP contribution in [0.25, 0.3) is 0 Å². The van der Waals surface area contributed by atoms with Crippen LogP contribution in [0.4, 0.5) is 11.4 Å². The first-order valence-electron chi connectivity index (χ1n) is 9.82. The molecule has 2 heterocycles. The quantitative estimate of drug-likeness (QED) is 0.791. The van der Waals surface area contributed by atoms with Crippen molar-refractivity contribution in [1.82, 2.24) is 4.90 Å². The number of hydrogen-bond donors (Lipinski definition) is 2. The van der Waals surface area contributed by atoms with E-state index in [0.29, 0.717) is 43.3 Å². The average molecular weight is 412 g/mol. The van der Waals surface area contributed by atoms with E-state index in [9.17, 15) is 9.59 Å². The van der Waals surface area contributed by atoms with Gasteiger partial charge in [-0.2, -0.15) is 11.8 Å². The summed E-state index contributed by atoms with van der Waals surface area (Å²) in [6.45, 7) is 4.40. The van der Waals surface area contributed by atoms with Crippen LogP contribution in [0.15, 0.2) is 42.5 Å². The van der Waals surface area contributed by atoms with Gasteiger partial charge in [-0.05, 0) is 30.7 Å². The van der Waals surface area contributed by atoms with Crippen LogP contribution >= 0.6 is 11.8 Å². The van der Waals surface area contributed by atoms with E-state index >= 15 is 0 Å². The van der Waals surface area contributed by atoms with Crippen molar-refractivity contribution in [1.29, 1.82) is 0 Å². The molecule has 2 aromatic carbocycles. The van der Waals surface area contributed by atoms with E-state index in [0.717, 1.165) is 11.4 Å². The fourth-order valence-corrected chi connectivity index (χ4v) is 4.44. The molecular formula is C22H25N3O3S. The highest BCUT2D eigenvalue weighted by Gasteiger charge is 2.27. The molecule has 7 heteroatoms. The normalized spacial score (nSPS) is 18.6. The molecule has 1 unspecified atom stereocenters. The smallest absolute Gasteiger partial charge is 0.254 e. The van der Waals surface area contributed by atoms with Crippen molar-refractivity contribution in [3.05, 3.63) is 59.2 Å². The molecule has 2 aromatic rings. The average Bonchev–Trinajstić information content (AvgIpc) is 2.75. The molecule has 1 fully saturated rings. The number of carbonyl (C=O) groups excluding carboxylic acids is 2. The van der Waals surface area contributed by atoms with Gasteiger partial charge in [-0.15, -0.1) is 0 Å². The summed E-state index contributed by atoms with van der Waals surface area (Å²) in [5.74, 6) is 1.45. The molecule has 1 atom stereocenters. The highest BCUT2D eigenvalue weighted by Crippen LogP contribution is 2.29. The SMILES string of the molecule is Cc1ccc(CSCC2Nc3ccc(C(=O)N4CCOCC4)cc3NC2=O)cc1. The molecule has 29 heavy (non-hydrogen) atoms. The molecule has 0 radical (unpaired) electrons. The van der Waals surface area contributed by atoms with Crippen LogP contribution < -0.4 is 10.6 Å². The van der Waals surface area contributed by atoms with Gasteiger partial charge in [-0.25, -0.2) is 0 Å². The Morgan fingerprint density at radius 3 is 2.66 bits per heavy atom. The van der Waals surface area contributed by atoms with Gasteiger partial charge >= 0.3 is 0 Å². The molecule has 2 N–H and O–H groups in total. The lowest BCUT2D eigenvalue weighted by molar-refractivity contribution is -0.116. The summed E-state index contributed by atoms with van der Waals surface area (Å²) in [5, 5.41) is 6.26. The van der Waals surface area contributed by atoms with Gasteiger partial charge in [0, 0.05) is 30.2 Å². The first-order valence-corrected chi connectivity index (χ1v) is 11.0. The fraction of sp³-hybridized carbons (Fsp3) is 0.364. The highest BCUT2D eigenvalue weighted by atomic mass is 32.2. The zero-order chi connectivity index (χ0) is 20.2. The molecule has 0 aromatic heterocycles. The number of benzene rings is 2. The zero-order valence-corrected chi connectivity index (χ0v) is 17.3. The predicted molar refractivity (Wildman–Crippen MR) is 117 cm³/mol. The highest BCUT2D eigenvalue weighted by molar-refractivity contribution is 7.98. The Kier molecular flexibility index (Phi) is 6.06. The van der Waals surface area contributed by atoms with Crippen LogP contribution in [0.5, 0.6) is 0 Å². The number of morpholine rings is 1. The van der Waals surface area contributed by atoms with Crippen molar-refractivity contribution in [3.8, 4) is 0 Å². The maximum absolute atomic E-state index is 12.7. The molecule has 4 rings (SSSR count). The van der Waals surface area contributed by atoms with E-state index in [-0.39, 0.29) is 17.9 Å². The molecular weight excluding hydrogens is 386 g/mol. The van der Waals surface area contributed by atoms with E-state index < -0.39 is 0 Å². The number of rotatable bonds is 5. The lowest BCUT2D eigenvalue weighted by Crippen LogP contribution is -2.42. The number of nitrogens with one attached hydrogen (secondary N) is 2. The number of thioether (sulfide) groups is 1.